The van der Waals surface area contributed by atoms with Crippen LogP contribution >= 0.6 is 15.9 Å². The van der Waals surface area contributed by atoms with Crippen LogP contribution in [0.4, 0.5) is 10.1 Å². The predicted octanol–water partition coefficient (Wildman–Crippen LogP) is 3.71. The molecule has 94 valence electrons. The van der Waals surface area contributed by atoms with Crippen molar-refractivity contribution in [2.24, 2.45) is 0 Å². The molecular weight excluding hydrogens is 311 g/mol. The van der Waals surface area contributed by atoms with Crippen LogP contribution in [0, 0.1) is 17.1 Å². The highest BCUT2D eigenvalue weighted by molar-refractivity contribution is 9.10. The number of nitriles is 1. The van der Waals surface area contributed by atoms with Gasteiger partial charge in [-0.2, -0.15) is 5.26 Å². The molecule has 1 N–H and O–H groups in total. The van der Waals surface area contributed by atoms with Gasteiger partial charge in [-0.25, -0.2) is 4.39 Å². The van der Waals surface area contributed by atoms with Gasteiger partial charge in [-0.15, -0.1) is 0 Å². The van der Waals surface area contributed by atoms with E-state index < -0.39 is 11.7 Å². The maximum absolute atomic E-state index is 13.6. The van der Waals surface area contributed by atoms with Crippen LogP contribution in [0.15, 0.2) is 46.9 Å². The number of rotatable bonds is 2. The Balaban J connectivity index is 2.29. The lowest BCUT2D eigenvalue weighted by molar-refractivity contribution is 0.102. The van der Waals surface area contributed by atoms with E-state index in [9.17, 15) is 9.18 Å². The fraction of sp³-hybridized carbons (Fsp3) is 0. The van der Waals surface area contributed by atoms with Crippen LogP contribution in [0.25, 0.3) is 0 Å². The summed E-state index contributed by atoms with van der Waals surface area (Å²) in [6, 6.07) is 12.7. The Hall–Kier alpha value is -2.19. The van der Waals surface area contributed by atoms with Gasteiger partial charge in [-0.3, -0.25) is 4.79 Å². The van der Waals surface area contributed by atoms with E-state index in [0.29, 0.717) is 15.7 Å². The lowest BCUT2D eigenvalue weighted by Gasteiger charge is -2.07. The summed E-state index contributed by atoms with van der Waals surface area (Å²) in [7, 11) is 0. The SMILES string of the molecule is N#Cc1ccccc1NC(=O)c1ccc(Br)cc1F. The summed E-state index contributed by atoms with van der Waals surface area (Å²) in [5.41, 5.74) is 0.613. The molecule has 0 atom stereocenters. The summed E-state index contributed by atoms with van der Waals surface area (Å²) in [4.78, 5) is 11.9. The Kier molecular flexibility index (Phi) is 3.93. The van der Waals surface area contributed by atoms with Gasteiger partial charge in [0.25, 0.3) is 5.91 Å². The molecule has 2 rings (SSSR count). The highest BCUT2D eigenvalue weighted by Crippen LogP contribution is 2.18. The van der Waals surface area contributed by atoms with Gasteiger partial charge in [0.15, 0.2) is 0 Å². The Morgan fingerprint density at radius 1 is 1.26 bits per heavy atom. The first-order chi connectivity index (χ1) is 9.11. The number of carbonyl (C=O) groups is 1. The summed E-state index contributed by atoms with van der Waals surface area (Å²) in [5.74, 6) is -1.21. The second-order valence-corrected chi connectivity index (χ2v) is 4.65. The largest absolute Gasteiger partial charge is 0.321 e. The van der Waals surface area contributed by atoms with Crippen molar-refractivity contribution in [2.45, 2.75) is 0 Å². The zero-order valence-electron chi connectivity index (χ0n) is 9.65. The lowest BCUT2D eigenvalue weighted by Crippen LogP contribution is -2.14. The van der Waals surface area contributed by atoms with Crippen molar-refractivity contribution in [2.75, 3.05) is 5.32 Å². The zero-order chi connectivity index (χ0) is 13.8. The molecule has 2 aromatic carbocycles. The normalized spacial score (nSPS) is 9.74. The summed E-state index contributed by atoms with van der Waals surface area (Å²) >= 11 is 3.12. The number of halogens is 2. The molecule has 3 nitrogen and oxygen atoms in total. The van der Waals surface area contributed by atoms with Crippen LogP contribution in [0.2, 0.25) is 0 Å². The molecule has 0 aliphatic carbocycles. The number of carbonyl (C=O) groups excluding carboxylic acids is 1. The molecular formula is C14H8BrFN2O. The van der Waals surface area contributed by atoms with E-state index in [1.807, 2.05) is 6.07 Å². The van der Waals surface area contributed by atoms with Crippen molar-refractivity contribution >= 4 is 27.5 Å². The molecule has 19 heavy (non-hydrogen) atoms. The second-order valence-electron chi connectivity index (χ2n) is 3.74. The summed E-state index contributed by atoms with van der Waals surface area (Å²) < 4.78 is 14.2. The third kappa shape index (κ3) is 2.98. The Labute approximate surface area is 117 Å². The molecule has 5 heteroatoms. The lowest BCUT2D eigenvalue weighted by atomic mass is 10.1. The molecule has 0 aliphatic rings. The topological polar surface area (TPSA) is 52.9 Å². The van der Waals surface area contributed by atoms with Crippen LogP contribution < -0.4 is 5.32 Å². The maximum Gasteiger partial charge on any atom is 0.258 e. The molecule has 0 aromatic heterocycles. The van der Waals surface area contributed by atoms with Crippen LogP contribution in [-0.4, -0.2) is 5.91 Å². The molecule has 0 spiro atoms. The van der Waals surface area contributed by atoms with Crippen LogP contribution in [-0.2, 0) is 0 Å². The highest BCUT2D eigenvalue weighted by atomic mass is 79.9. The highest BCUT2D eigenvalue weighted by Gasteiger charge is 2.13. The van der Waals surface area contributed by atoms with Crippen molar-refractivity contribution in [3.8, 4) is 6.07 Å². The number of nitrogens with zero attached hydrogens (tertiary/aromatic N) is 1. The minimum atomic E-state index is -0.624. The van der Waals surface area contributed by atoms with Gasteiger partial charge in [0, 0.05) is 4.47 Å². The van der Waals surface area contributed by atoms with Gasteiger partial charge in [-0.05, 0) is 30.3 Å². The third-order valence-corrected chi connectivity index (χ3v) is 2.96. The molecule has 0 fully saturated rings. The predicted molar refractivity (Wildman–Crippen MR) is 73.2 cm³/mol. The summed E-state index contributed by atoms with van der Waals surface area (Å²) in [5, 5.41) is 11.4. The van der Waals surface area contributed by atoms with Crippen molar-refractivity contribution in [3.63, 3.8) is 0 Å². The summed E-state index contributed by atoms with van der Waals surface area (Å²) in [6.45, 7) is 0. The van der Waals surface area contributed by atoms with Crippen molar-refractivity contribution in [1.29, 1.82) is 5.26 Å². The number of anilines is 1. The fourth-order valence-corrected chi connectivity index (χ4v) is 1.89. The number of hydrogen-bond donors (Lipinski definition) is 1. The van der Waals surface area contributed by atoms with Gasteiger partial charge in [0.2, 0.25) is 0 Å². The quantitative estimate of drug-likeness (QED) is 0.917. The Morgan fingerprint density at radius 2 is 2.00 bits per heavy atom. The number of hydrogen-bond acceptors (Lipinski definition) is 2. The average molecular weight is 319 g/mol. The minimum absolute atomic E-state index is 0.0732. The van der Waals surface area contributed by atoms with Crippen LogP contribution in [0.3, 0.4) is 0 Å². The number of nitrogens with one attached hydrogen (secondary N) is 1. The van der Waals surface area contributed by atoms with Gasteiger partial charge in [0.05, 0.1) is 16.8 Å². The van der Waals surface area contributed by atoms with Crippen molar-refractivity contribution in [3.05, 3.63) is 63.9 Å². The van der Waals surface area contributed by atoms with Crippen molar-refractivity contribution < 1.29 is 9.18 Å². The molecule has 0 saturated carbocycles. The molecule has 0 radical (unpaired) electrons. The van der Waals surface area contributed by atoms with E-state index in [2.05, 4.69) is 21.2 Å². The second kappa shape index (κ2) is 5.63. The first-order valence-electron chi connectivity index (χ1n) is 5.37. The zero-order valence-corrected chi connectivity index (χ0v) is 11.2. The Bertz CT molecular complexity index is 679. The smallest absolute Gasteiger partial charge is 0.258 e. The molecule has 0 bridgehead atoms. The first-order valence-corrected chi connectivity index (χ1v) is 6.16. The maximum atomic E-state index is 13.6. The van der Waals surface area contributed by atoms with E-state index in [1.165, 1.54) is 12.1 Å². The van der Waals surface area contributed by atoms with Gasteiger partial charge < -0.3 is 5.32 Å². The molecule has 0 saturated heterocycles. The number of amides is 1. The summed E-state index contributed by atoms with van der Waals surface area (Å²) in [6.07, 6.45) is 0. The van der Waals surface area contributed by atoms with Crippen LogP contribution in [0.5, 0.6) is 0 Å². The average Bonchev–Trinajstić information content (AvgIpc) is 2.39. The van der Waals surface area contributed by atoms with Gasteiger partial charge in [0.1, 0.15) is 11.9 Å². The molecule has 1 amide bonds. The molecule has 0 aliphatic heterocycles. The van der Waals surface area contributed by atoms with E-state index in [-0.39, 0.29) is 5.56 Å². The van der Waals surface area contributed by atoms with Crippen LogP contribution in [0.1, 0.15) is 15.9 Å². The Morgan fingerprint density at radius 3 is 2.68 bits per heavy atom. The molecule has 2 aromatic rings. The van der Waals surface area contributed by atoms with E-state index in [0.717, 1.165) is 0 Å². The van der Waals surface area contributed by atoms with Gasteiger partial charge in [-0.1, -0.05) is 28.1 Å². The fourth-order valence-electron chi connectivity index (χ4n) is 1.55. The first kappa shape index (κ1) is 13.2. The molecule has 0 heterocycles. The third-order valence-electron chi connectivity index (χ3n) is 2.47. The van der Waals surface area contributed by atoms with E-state index in [1.54, 1.807) is 30.3 Å². The van der Waals surface area contributed by atoms with Crippen molar-refractivity contribution in [1.82, 2.24) is 0 Å². The monoisotopic (exact) mass is 318 g/mol. The van der Waals surface area contributed by atoms with Gasteiger partial charge >= 0.3 is 0 Å². The molecule has 0 unspecified atom stereocenters. The van der Waals surface area contributed by atoms with E-state index >= 15 is 0 Å². The standard InChI is InChI=1S/C14H8BrFN2O/c15-10-5-6-11(12(16)7-10)14(19)18-13-4-2-1-3-9(13)8-17/h1-7H,(H,18,19). The van der Waals surface area contributed by atoms with E-state index in [4.69, 9.17) is 5.26 Å². The number of benzene rings is 2. The minimum Gasteiger partial charge on any atom is -0.321 e. The number of para-hydroxylation sites is 1.